The van der Waals surface area contributed by atoms with Crippen LogP contribution in [0.2, 0.25) is 0 Å². The van der Waals surface area contributed by atoms with Crippen molar-refractivity contribution in [2.24, 2.45) is 5.41 Å². The van der Waals surface area contributed by atoms with Crippen molar-refractivity contribution in [2.45, 2.75) is 40.2 Å². The van der Waals surface area contributed by atoms with E-state index in [-0.39, 0.29) is 24.0 Å². The summed E-state index contributed by atoms with van der Waals surface area (Å²) in [7, 11) is 0. The van der Waals surface area contributed by atoms with E-state index in [0.717, 1.165) is 6.42 Å². The maximum absolute atomic E-state index is 11.5. The fraction of sp³-hybridized carbons (Fsp3) is 0.909. The zero-order valence-electron chi connectivity index (χ0n) is 10.3. The van der Waals surface area contributed by atoms with Crippen LogP contribution < -0.4 is 10.6 Å². The van der Waals surface area contributed by atoms with Crippen molar-refractivity contribution in [3.63, 3.8) is 0 Å². The van der Waals surface area contributed by atoms with Gasteiger partial charge in [0.05, 0.1) is 6.04 Å². The standard InChI is InChI=1S/C11H24N2O2/c1-5-6-12-10(15)9(2)13-7-11(3,4)8-14/h9,13-14H,5-8H2,1-4H3,(H,12,15). The minimum absolute atomic E-state index is 0.0191. The van der Waals surface area contributed by atoms with Crippen LogP contribution in [-0.4, -0.2) is 36.8 Å². The molecule has 0 aromatic carbocycles. The Labute approximate surface area is 92.4 Å². The van der Waals surface area contributed by atoms with Gasteiger partial charge in [-0.3, -0.25) is 4.79 Å². The third-order valence-electron chi connectivity index (χ3n) is 2.26. The lowest BCUT2D eigenvalue weighted by atomic mass is 9.94. The molecule has 4 heteroatoms. The molecule has 0 radical (unpaired) electrons. The van der Waals surface area contributed by atoms with Gasteiger partial charge in [0.1, 0.15) is 0 Å². The molecule has 4 nitrogen and oxygen atoms in total. The van der Waals surface area contributed by atoms with Crippen molar-refractivity contribution in [3.05, 3.63) is 0 Å². The number of amides is 1. The van der Waals surface area contributed by atoms with Gasteiger partial charge in [-0.1, -0.05) is 20.8 Å². The predicted octanol–water partition coefficient (Wildman–Crippen LogP) is 0.509. The average Bonchev–Trinajstić information content (AvgIpc) is 2.22. The highest BCUT2D eigenvalue weighted by atomic mass is 16.3. The molecule has 0 aromatic heterocycles. The predicted molar refractivity (Wildman–Crippen MR) is 61.6 cm³/mol. The molecular formula is C11H24N2O2. The molecule has 1 atom stereocenters. The fourth-order valence-corrected chi connectivity index (χ4v) is 0.979. The molecule has 3 N–H and O–H groups in total. The lowest BCUT2D eigenvalue weighted by Gasteiger charge is -2.24. The Morgan fingerprint density at radius 3 is 2.53 bits per heavy atom. The molecule has 0 aliphatic rings. The average molecular weight is 216 g/mol. The first-order chi connectivity index (χ1) is 6.93. The smallest absolute Gasteiger partial charge is 0.236 e. The van der Waals surface area contributed by atoms with E-state index in [9.17, 15) is 4.79 Å². The normalized spacial score (nSPS) is 13.7. The summed E-state index contributed by atoms with van der Waals surface area (Å²) in [4.78, 5) is 11.5. The molecule has 15 heavy (non-hydrogen) atoms. The summed E-state index contributed by atoms with van der Waals surface area (Å²) in [5.74, 6) is 0.0191. The van der Waals surface area contributed by atoms with Crippen molar-refractivity contribution in [2.75, 3.05) is 19.7 Å². The van der Waals surface area contributed by atoms with Crippen molar-refractivity contribution >= 4 is 5.91 Å². The maximum atomic E-state index is 11.5. The number of nitrogens with one attached hydrogen (secondary N) is 2. The minimum Gasteiger partial charge on any atom is -0.396 e. The molecule has 0 heterocycles. The summed E-state index contributed by atoms with van der Waals surface area (Å²) >= 11 is 0. The monoisotopic (exact) mass is 216 g/mol. The molecule has 1 unspecified atom stereocenters. The van der Waals surface area contributed by atoms with Gasteiger partial charge in [0.2, 0.25) is 5.91 Å². The van der Waals surface area contributed by atoms with Gasteiger partial charge in [-0.15, -0.1) is 0 Å². The second kappa shape index (κ2) is 6.80. The number of carbonyl (C=O) groups is 1. The van der Waals surface area contributed by atoms with E-state index in [4.69, 9.17) is 5.11 Å². The topological polar surface area (TPSA) is 61.4 Å². The summed E-state index contributed by atoms with van der Waals surface area (Å²) in [5, 5.41) is 15.0. The minimum atomic E-state index is -0.206. The molecule has 0 saturated heterocycles. The zero-order chi connectivity index (χ0) is 11.9. The van der Waals surface area contributed by atoms with Gasteiger partial charge >= 0.3 is 0 Å². The first-order valence-electron chi connectivity index (χ1n) is 5.55. The molecule has 0 saturated carbocycles. The number of carbonyl (C=O) groups excluding carboxylic acids is 1. The van der Waals surface area contributed by atoms with Crippen LogP contribution in [0.25, 0.3) is 0 Å². The Kier molecular flexibility index (Phi) is 6.52. The highest BCUT2D eigenvalue weighted by Crippen LogP contribution is 2.11. The SMILES string of the molecule is CCCNC(=O)C(C)NCC(C)(C)CO. The van der Waals surface area contributed by atoms with Crippen LogP contribution >= 0.6 is 0 Å². The van der Waals surface area contributed by atoms with Crippen LogP contribution in [0.15, 0.2) is 0 Å². The van der Waals surface area contributed by atoms with Gasteiger partial charge in [-0.05, 0) is 13.3 Å². The Hall–Kier alpha value is -0.610. The van der Waals surface area contributed by atoms with Crippen molar-refractivity contribution in [1.29, 1.82) is 0 Å². The zero-order valence-corrected chi connectivity index (χ0v) is 10.3. The van der Waals surface area contributed by atoms with E-state index >= 15 is 0 Å². The number of hydrogen-bond acceptors (Lipinski definition) is 3. The van der Waals surface area contributed by atoms with Gasteiger partial charge in [-0.25, -0.2) is 0 Å². The van der Waals surface area contributed by atoms with Crippen LogP contribution in [0.4, 0.5) is 0 Å². The van der Waals surface area contributed by atoms with E-state index < -0.39 is 0 Å². The van der Waals surface area contributed by atoms with Crippen LogP contribution in [0.1, 0.15) is 34.1 Å². The third kappa shape index (κ3) is 6.47. The van der Waals surface area contributed by atoms with Crippen LogP contribution in [-0.2, 0) is 4.79 Å². The van der Waals surface area contributed by atoms with Gasteiger partial charge < -0.3 is 15.7 Å². The second-order valence-corrected chi connectivity index (χ2v) is 4.72. The molecule has 0 rings (SSSR count). The van der Waals surface area contributed by atoms with E-state index in [0.29, 0.717) is 13.1 Å². The van der Waals surface area contributed by atoms with Gasteiger partial charge in [0.25, 0.3) is 0 Å². The lowest BCUT2D eigenvalue weighted by molar-refractivity contribution is -0.122. The highest BCUT2D eigenvalue weighted by molar-refractivity contribution is 5.81. The van der Waals surface area contributed by atoms with E-state index in [1.54, 1.807) is 0 Å². The number of hydrogen-bond donors (Lipinski definition) is 3. The third-order valence-corrected chi connectivity index (χ3v) is 2.26. The molecule has 90 valence electrons. The van der Waals surface area contributed by atoms with Gasteiger partial charge in [0, 0.05) is 25.1 Å². The number of aliphatic hydroxyl groups excluding tert-OH is 1. The molecule has 0 fully saturated rings. The van der Waals surface area contributed by atoms with Crippen LogP contribution in [0, 0.1) is 5.41 Å². The summed E-state index contributed by atoms with van der Waals surface area (Å²) in [6.07, 6.45) is 0.945. The molecular weight excluding hydrogens is 192 g/mol. The van der Waals surface area contributed by atoms with E-state index in [1.807, 2.05) is 27.7 Å². The molecule has 0 aliphatic heterocycles. The second-order valence-electron chi connectivity index (χ2n) is 4.72. The van der Waals surface area contributed by atoms with Crippen LogP contribution in [0.5, 0.6) is 0 Å². The first-order valence-corrected chi connectivity index (χ1v) is 5.55. The highest BCUT2D eigenvalue weighted by Gasteiger charge is 2.19. The molecule has 0 spiro atoms. The molecule has 0 bridgehead atoms. The number of aliphatic hydroxyl groups is 1. The van der Waals surface area contributed by atoms with Crippen molar-refractivity contribution in [3.8, 4) is 0 Å². The first kappa shape index (κ1) is 14.4. The lowest BCUT2D eigenvalue weighted by Crippen LogP contribution is -2.46. The van der Waals surface area contributed by atoms with Crippen molar-refractivity contribution < 1.29 is 9.90 Å². The van der Waals surface area contributed by atoms with Gasteiger partial charge in [-0.2, -0.15) is 0 Å². The number of rotatable bonds is 7. The molecule has 0 aliphatic carbocycles. The summed E-state index contributed by atoms with van der Waals surface area (Å²) in [6, 6.07) is -0.206. The van der Waals surface area contributed by atoms with E-state index in [1.165, 1.54) is 0 Å². The Morgan fingerprint density at radius 1 is 1.47 bits per heavy atom. The summed E-state index contributed by atoms with van der Waals surface area (Å²) in [6.45, 7) is 9.22. The maximum Gasteiger partial charge on any atom is 0.236 e. The Bertz CT molecular complexity index is 193. The summed E-state index contributed by atoms with van der Waals surface area (Å²) < 4.78 is 0. The summed E-state index contributed by atoms with van der Waals surface area (Å²) in [5.41, 5.74) is -0.181. The quantitative estimate of drug-likeness (QED) is 0.581. The Morgan fingerprint density at radius 2 is 2.07 bits per heavy atom. The largest absolute Gasteiger partial charge is 0.396 e. The molecule has 1 amide bonds. The van der Waals surface area contributed by atoms with Crippen molar-refractivity contribution in [1.82, 2.24) is 10.6 Å². The Balaban J connectivity index is 3.82. The molecule has 0 aromatic rings. The van der Waals surface area contributed by atoms with Gasteiger partial charge in [0.15, 0.2) is 0 Å². The van der Waals surface area contributed by atoms with E-state index in [2.05, 4.69) is 10.6 Å². The fourth-order valence-electron chi connectivity index (χ4n) is 0.979. The van der Waals surface area contributed by atoms with Crippen LogP contribution in [0.3, 0.4) is 0 Å².